The molecule has 0 aliphatic heterocycles. The number of ether oxygens (including phenoxy) is 1. The summed E-state index contributed by atoms with van der Waals surface area (Å²) in [5, 5.41) is 1.06. The Morgan fingerprint density at radius 3 is 2.29 bits per heavy atom. The van der Waals surface area contributed by atoms with Gasteiger partial charge in [0.2, 0.25) is 0 Å². The molecule has 2 rings (SSSR count). The second kappa shape index (κ2) is 16.2. The van der Waals surface area contributed by atoms with Crippen molar-refractivity contribution in [3.8, 4) is 5.75 Å². The normalized spacial score (nSPS) is 10.6. The number of nitrogens with one attached hydrogen (secondary N) is 1. The van der Waals surface area contributed by atoms with Crippen LogP contribution in [0.4, 0.5) is 0 Å². The second-order valence-electron chi connectivity index (χ2n) is 6.92. The quantitative estimate of drug-likeness (QED) is 0.409. The topological polar surface area (TPSA) is 34.1 Å². The maximum atomic E-state index is 5.82. The van der Waals surface area contributed by atoms with Crippen molar-refractivity contribution in [2.75, 3.05) is 12.9 Å². The molecule has 0 spiro atoms. The number of hydrogen-bond acceptors (Lipinski definition) is 4. The molecule has 1 unspecified atom stereocenters. The summed E-state index contributed by atoms with van der Waals surface area (Å²) in [4.78, 5) is 4.31. The van der Waals surface area contributed by atoms with E-state index in [1.807, 2.05) is 43.5 Å². The van der Waals surface area contributed by atoms with Crippen molar-refractivity contribution >= 4 is 22.9 Å². The largest absolute Gasteiger partial charge is 0.491 e. The lowest BCUT2D eigenvalue weighted by atomic mass is 10.2. The number of benzene rings is 1. The Morgan fingerprint density at radius 2 is 1.79 bits per heavy atom. The highest BCUT2D eigenvalue weighted by Crippen LogP contribution is 2.23. The van der Waals surface area contributed by atoms with Gasteiger partial charge in [-0.05, 0) is 72.4 Å². The van der Waals surface area contributed by atoms with Gasteiger partial charge in [-0.25, -0.2) is 0 Å². The molecule has 28 heavy (non-hydrogen) atoms. The number of rotatable bonds is 6. The van der Waals surface area contributed by atoms with E-state index in [0.717, 1.165) is 16.7 Å². The van der Waals surface area contributed by atoms with Gasteiger partial charge < -0.3 is 4.74 Å². The van der Waals surface area contributed by atoms with Crippen LogP contribution >= 0.6 is 11.9 Å². The molecule has 0 amide bonds. The van der Waals surface area contributed by atoms with Gasteiger partial charge in [0.25, 0.3) is 0 Å². The summed E-state index contributed by atoms with van der Waals surface area (Å²) >= 11 is 1.61. The van der Waals surface area contributed by atoms with Crippen LogP contribution in [0, 0.1) is 0 Å². The Balaban J connectivity index is 0.000000550. The van der Waals surface area contributed by atoms with Crippen LogP contribution in [-0.4, -0.2) is 23.9 Å². The van der Waals surface area contributed by atoms with Crippen LogP contribution < -0.4 is 9.46 Å². The predicted octanol–water partition coefficient (Wildman–Crippen LogP) is 7.20. The SMILES string of the molecule is CC=C(C)C.CCC=C(C)C.CSNC(C)COc1ccnc2ccccc12. The fraction of sp³-hybridized carbons (Fsp3) is 0.458. The molecule has 3 nitrogen and oxygen atoms in total. The Morgan fingerprint density at radius 1 is 1.14 bits per heavy atom. The summed E-state index contributed by atoms with van der Waals surface area (Å²) in [5.41, 5.74) is 3.76. The van der Waals surface area contributed by atoms with Gasteiger partial charge in [0.1, 0.15) is 12.4 Å². The summed E-state index contributed by atoms with van der Waals surface area (Å²) in [6.45, 7) is 15.3. The minimum absolute atomic E-state index is 0.317. The van der Waals surface area contributed by atoms with Crippen molar-refractivity contribution in [3.63, 3.8) is 0 Å². The van der Waals surface area contributed by atoms with Gasteiger partial charge in [-0.3, -0.25) is 9.71 Å². The van der Waals surface area contributed by atoms with E-state index >= 15 is 0 Å². The molecule has 0 bridgehead atoms. The second-order valence-corrected chi connectivity index (χ2v) is 7.56. The minimum atomic E-state index is 0.317. The molecule has 1 atom stereocenters. The van der Waals surface area contributed by atoms with Crippen molar-refractivity contribution in [1.82, 2.24) is 9.71 Å². The zero-order valence-corrected chi connectivity index (χ0v) is 19.7. The lowest BCUT2D eigenvalue weighted by molar-refractivity contribution is 0.293. The van der Waals surface area contributed by atoms with Gasteiger partial charge in [0.15, 0.2) is 0 Å². The Kier molecular flexibility index (Phi) is 15.2. The molecule has 1 N–H and O–H groups in total. The molecule has 2 aromatic rings. The highest BCUT2D eigenvalue weighted by molar-refractivity contribution is 7.96. The van der Waals surface area contributed by atoms with Gasteiger partial charge in [-0.2, -0.15) is 0 Å². The Labute approximate surface area is 176 Å². The third-order valence-electron chi connectivity index (χ3n) is 3.61. The number of nitrogens with zero attached hydrogens (tertiary/aromatic N) is 1. The van der Waals surface area contributed by atoms with E-state index < -0.39 is 0 Å². The molecule has 1 heterocycles. The standard InChI is InChI=1S/C13H16N2OS.C6H12.C5H10/c1-10(15-17-2)9-16-13-7-8-14-12-6-4-3-5-11(12)13;1-4-5-6(2)3;1-4-5(2)3/h3-8,10,15H,9H2,1-2H3;5H,4H2,1-3H3;4H,1-3H3. The van der Waals surface area contributed by atoms with Crippen LogP contribution in [0.25, 0.3) is 10.9 Å². The van der Waals surface area contributed by atoms with Crippen molar-refractivity contribution in [2.45, 2.75) is 60.9 Å². The van der Waals surface area contributed by atoms with E-state index in [1.165, 1.54) is 17.6 Å². The number of para-hydroxylation sites is 1. The van der Waals surface area contributed by atoms with E-state index in [-0.39, 0.29) is 0 Å². The van der Waals surface area contributed by atoms with E-state index in [2.05, 4.69) is 63.4 Å². The first-order valence-electron chi connectivity index (χ1n) is 9.83. The first-order valence-corrected chi connectivity index (χ1v) is 11.1. The lowest BCUT2D eigenvalue weighted by Crippen LogP contribution is -2.26. The molecular formula is C24H38N2OS. The van der Waals surface area contributed by atoms with E-state index in [4.69, 9.17) is 4.74 Å². The smallest absolute Gasteiger partial charge is 0.130 e. The molecule has 0 saturated carbocycles. The summed E-state index contributed by atoms with van der Waals surface area (Å²) < 4.78 is 9.06. The monoisotopic (exact) mass is 402 g/mol. The highest BCUT2D eigenvalue weighted by Gasteiger charge is 2.05. The van der Waals surface area contributed by atoms with E-state index in [0.29, 0.717) is 12.6 Å². The summed E-state index contributed by atoms with van der Waals surface area (Å²) in [5.74, 6) is 0.894. The van der Waals surface area contributed by atoms with Crippen LogP contribution in [0.1, 0.15) is 54.9 Å². The number of pyridine rings is 1. The van der Waals surface area contributed by atoms with Crippen LogP contribution in [-0.2, 0) is 0 Å². The number of hydrogen-bond donors (Lipinski definition) is 1. The summed E-state index contributed by atoms with van der Waals surface area (Å²) in [6, 6.07) is 10.2. The van der Waals surface area contributed by atoms with Crippen molar-refractivity contribution in [3.05, 3.63) is 59.8 Å². The van der Waals surface area contributed by atoms with Crippen molar-refractivity contribution in [1.29, 1.82) is 0 Å². The predicted molar refractivity (Wildman–Crippen MR) is 128 cm³/mol. The van der Waals surface area contributed by atoms with Crippen LogP contribution in [0.2, 0.25) is 0 Å². The van der Waals surface area contributed by atoms with Crippen LogP contribution in [0.5, 0.6) is 5.75 Å². The third kappa shape index (κ3) is 12.6. The average molecular weight is 403 g/mol. The lowest BCUT2D eigenvalue weighted by Gasteiger charge is -2.14. The molecule has 1 aromatic heterocycles. The maximum Gasteiger partial charge on any atom is 0.130 e. The average Bonchev–Trinajstić information content (AvgIpc) is 2.67. The Hall–Kier alpha value is -1.78. The third-order valence-corrected chi connectivity index (χ3v) is 4.24. The van der Waals surface area contributed by atoms with Gasteiger partial charge in [-0.15, -0.1) is 0 Å². The van der Waals surface area contributed by atoms with Crippen LogP contribution in [0.3, 0.4) is 0 Å². The molecule has 156 valence electrons. The van der Waals surface area contributed by atoms with Crippen molar-refractivity contribution in [2.24, 2.45) is 0 Å². The number of fused-ring (bicyclic) bond motifs is 1. The van der Waals surface area contributed by atoms with E-state index in [9.17, 15) is 0 Å². The fourth-order valence-corrected chi connectivity index (χ4v) is 2.52. The van der Waals surface area contributed by atoms with Gasteiger partial charge in [0.05, 0.1) is 5.52 Å². The molecule has 0 radical (unpaired) electrons. The number of allylic oxidation sites excluding steroid dienone is 4. The maximum absolute atomic E-state index is 5.82. The molecule has 4 heteroatoms. The fourth-order valence-electron chi connectivity index (χ4n) is 2.05. The molecule has 0 aliphatic carbocycles. The first-order chi connectivity index (χ1) is 13.3. The molecule has 1 aromatic carbocycles. The Bertz CT molecular complexity index is 712. The molecule has 0 fully saturated rings. The molecule has 0 aliphatic rings. The first kappa shape index (κ1) is 26.2. The minimum Gasteiger partial charge on any atom is -0.491 e. The van der Waals surface area contributed by atoms with Gasteiger partial charge in [-0.1, -0.05) is 54.3 Å². The molecular weight excluding hydrogens is 364 g/mol. The molecule has 0 saturated heterocycles. The van der Waals surface area contributed by atoms with Crippen molar-refractivity contribution < 1.29 is 4.74 Å². The zero-order chi connectivity index (χ0) is 21.4. The van der Waals surface area contributed by atoms with Gasteiger partial charge in [0, 0.05) is 17.6 Å². The zero-order valence-electron chi connectivity index (χ0n) is 18.9. The number of aromatic nitrogens is 1. The van der Waals surface area contributed by atoms with E-state index in [1.54, 1.807) is 18.1 Å². The van der Waals surface area contributed by atoms with Crippen LogP contribution in [0.15, 0.2) is 59.8 Å². The van der Waals surface area contributed by atoms with Gasteiger partial charge >= 0.3 is 0 Å². The summed E-state index contributed by atoms with van der Waals surface area (Å²) in [7, 11) is 0. The highest BCUT2D eigenvalue weighted by atomic mass is 32.2. The summed E-state index contributed by atoms with van der Waals surface area (Å²) in [6.07, 6.45) is 9.25.